The molecule has 1 atom stereocenters. The molecule has 0 spiro atoms. The molecule has 0 aromatic rings. The van der Waals surface area contributed by atoms with Gasteiger partial charge in [-0.3, -0.25) is 15.1 Å². The van der Waals surface area contributed by atoms with Crippen LogP contribution in [0.1, 0.15) is 6.92 Å². The first-order chi connectivity index (χ1) is 5.11. The van der Waals surface area contributed by atoms with Gasteiger partial charge in [0.2, 0.25) is 0 Å². The number of aliphatic imine (C=N–C) groups is 1. The zero-order valence-electron chi connectivity index (χ0n) is 5.85. The lowest BCUT2D eigenvalue weighted by atomic mass is 10.2. The van der Waals surface area contributed by atoms with E-state index in [0.29, 0.717) is 4.86 Å². The highest BCUT2D eigenvalue weighted by Gasteiger charge is 2.16. The molecule has 1 heterocycles. The van der Waals surface area contributed by atoms with Crippen LogP contribution in [-0.2, 0) is 0 Å². The SMILES string of the molecule is CC1N=CC([N+](=O)[O-])=CC1=S. The fourth-order valence-electron chi connectivity index (χ4n) is 0.665. The van der Waals surface area contributed by atoms with E-state index < -0.39 is 4.92 Å². The topological polar surface area (TPSA) is 55.5 Å². The molecule has 0 N–H and O–H groups in total. The fourth-order valence-corrected chi connectivity index (χ4v) is 0.847. The predicted octanol–water partition coefficient (Wildman–Crippen LogP) is 0.990. The average Bonchev–Trinajstić information content (AvgIpc) is 1.94. The summed E-state index contributed by atoms with van der Waals surface area (Å²) in [7, 11) is 0. The number of dihydropyridines is 1. The first kappa shape index (κ1) is 8.00. The first-order valence-electron chi connectivity index (χ1n) is 3.04. The van der Waals surface area contributed by atoms with Crippen LogP contribution in [0.15, 0.2) is 16.8 Å². The fraction of sp³-hybridized carbons (Fsp3) is 0.333. The van der Waals surface area contributed by atoms with E-state index in [4.69, 9.17) is 12.2 Å². The Kier molecular flexibility index (Phi) is 2.09. The molecule has 4 nitrogen and oxygen atoms in total. The summed E-state index contributed by atoms with van der Waals surface area (Å²) in [5, 5.41) is 10.2. The zero-order chi connectivity index (χ0) is 8.43. The van der Waals surface area contributed by atoms with Crippen molar-refractivity contribution in [2.45, 2.75) is 13.0 Å². The maximum absolute atomic E-state index is 10.2. The van der Waals surface area contributed by atoms with Crippen LogP contribution in [0, 0.1) is 10.1 Å². The third-order valence-corrected chi connectivity index (χ3v) is 1.80. The Morgan fingerprint density at radius 1 is 1.82 bits per heavy atom. The van der Waals surface area contributed by atoms with E-state index in [1.165, 1.54) is 12.3 Å². The molecule has 0 amide bonds. The molecular formula is C6H6N2O2S. The molecule has 0 aromatic carbocycles. The lowest BCUT2D eigenvalue weighted by molar-refractivity contribution is -0.414. The van der Waals surface area contributed by atoms with E-state index in [1.54, 1.807) is 6.92 Å². The Balaban J connectivity index is 2.89. The third-order valence-electron chi connectivity index (χ3n) is 1.34. The number of thiocarbonyl (C=S) groups is 1. The van der Waals surface area contributed by atoms with Crippen molar-refractivity contribution in [2.75, 3.05) is 0 Å². The quantitative estimate of drug-likeness (QED) is 0.335. The van der Waals surface area contributed by atoms with Crippen molar-refractivity contribution in [3.05, 3.63) is 21.9 Å². The number of allylic oxidation sites excluding steroid dienone is 1. The van der Waals surface area contributed by atoms with Gasteiger partial charge in [0.25, 0.3) is 5.70 Å². The highest BCUT2D eigenvalue weighted by molar-refractivity contribution is 7.80. The van der Waals surface area contributed by atoms with Crippen molar-refractivity contribution in [3.63, 3.8) is 0 Å². The summed E-state index contributed by atoms with van der Waals surface area (Å²) in [5.74, 6) is 0. The van der Waals surface area contributed by atoms with Gasteiger partial charge in [0.1, 0.15) is 0 Å². The first-order valence-corrected chi connectivity index (χ1v) is 3.45. The van der Waals surface area contributed by atoms with E-state index in [9.17, 15) is 10.1 Å². The zero-order valence-corrected chi connectivity index (χ0v) is 6.67. The van der Waals surface area contributed by atoms with Crippen LogP contribution in [0.3, 0.4) is 0 Å². The lowest BCUT2D eigenvalue weighted by Crippen LogP contribution is -2.17. The maximum atomic E-state index is 10.2. The molecule has 0 saturated carbocycles. The molecule has 0 aliphatic carbocycles. The van der Waals surface area contributed by atoms with Gasteiger partial charge in [-0.2, -0.15) is 0 Å². The summed E-state index contributed by atoms with van der Waals surface area (Å²) < 4.78 is 0. The number of nitro groups is 1. The average molecular weight is 170 g/mol. The van der Waals surface area contributed by atoms with Gasteiger partial charge in [-0.05, 0) is 6.92 Å². The van der Waals surface area contributed by atoms with Crippen molar-refractivity contribution >= 4 is 23.3 Å². The molecule has 1 rings (SSSR count). The summed E-state index contributed by atoms with van der Waals surface area (Å²) in [4.78, 5) is 14.0. The smallest absolute Gasteiger partial charge is 0.277 e. The second-order valence-electron chi connectivity index (χ2n) is 2.18. The molecule has 11 heavy (non-hydrogen) atoms. The Morgan fingerprint density at radius 2 is 2.45 bits per heavy atom. The van der Waals surface area contributed by atoms with Crippen LogP contribution in [0.5, 0.6) is 0 Å². The van der Waals surface area contributed by atoms with Gasteiger partial charge in [-0.1, -0.05) is 12.2 Å². The van der Waals surface area contributed by atoms with Gasteiger partial charge < -0.3 is 0 Å². The molecule has 0 fully saturated rings. The molecule has 1 aliphatic rings. The van der Waals surface area contributed by atoms with Crippen molar-refractivity contribution in [1.82, 2.24) is 0 Å². The van der Waals surface area contributed by atoms with Gasteiger partial charge in [0, 0.05) is 10.9 Å². The van der Waals surface area contributed by atoms with Crippen molar-refractivity contribution in [1.29, 1.82) is 0 Å². The lowest BCUT2D eigenvalue weighted by Gasteiger charge is -2.06. The number of nitrogens with zero attached hydrogens (tertiary/aromatic N) is 2. The van der Waals surface area contributed by atoms with Crippen LogP contribution >= 0.6 is 12.2 Å². The van der Waals surface area contributed by atoms with Crippen LogP contribution < -0.4 is 0 Å². The van der Waals surface area contributed by atoms with Crippen LogP contribution in [-0.4, -0.2) is 22.0 Å². The molecule has 1 aliphatic heterocycles. The molecular weight excluding hydrogens is 164 g/mol. The summed E-state index contributed by atoms with van der Waals surface area (Å²) in [5.41, 5.74) is -0.0342. The van der Waals surface area contributed by atoms with E-state index in [1.807, 2.05) is 0 Å². The molecule has 5 heteroatoms. The van der Waals surface area contributed by atoms with Gasteiger partial charge in [-0.15, -0.1) is 0 Å². The van der Waals surface area contributed by atoms with E-state index >= 15 is 0 Å². The number of hydrogen-bond donors (Lipinski definition) is 0. The number of hydrogen-bond acceptors (Lipinski definition) is 4. The van der Waals surface area contributed by atoms with E-state index in [2.05, 4.69) is 4.99 Å². The highest BCUT2D eigenvalue weighted by Crippen LogP contribution is 2.06. The van der Waals surface area contributed by atoms with Crippen LogP contribution in [0.25, 0.3) is 0 Å². The minimum absolute atomic E-state index is 0.0342. The highest BCUT2D eigenvalue weighted by atomic mass is 32.1. The number of rotatable bonds is 1. The van der Waals surface area contributed by atoms with Crippen molar-refractivity contribution in [2.24, 2.45) is 4.99 Å². The monoisotopic (exact) mass is 170 g/mol. The predicted molar refractivity (Wildman–Crippen MR) is 45.6 cm³/mol. The molecule has 0 radical (unpaired) electrons. The Bertz CT molecular complexity index is 270. The second kappa shape index (κ2) is 2.87. The second-order valence-corrected chi connectivity index (χ2v) is 2.65. The molecule has 0 bridgehead atoms. The normalized spacial score (nSPS) is 23.2. The van der Waals surface area contributed by atoms with E-state index in [-0.39, 0.29) is 11.7 Å². The summed E-state index contributed by atoms with van der Waals surface area (Å²) >= 11 is 4.83. The molecule has 0 aromatic heterocycles. The maximum Gasteiger partial charge on any atom is 0.288 e. The standard InChI is InChI=1S/C6H6N2O2S/c1-4-6(11)2-5(3-7-4)8(9)10/h2-4H,1H3. The van der Waals surface area contributed by atoms with Gasteiger partial charge >= 0.3 is 0 Å². The largest absolute Gasteiger partial charge is 0.288 e. The Hall–Kier alpha value is -1.10. The van der Waals surface area contributed by atoms with Crippen LogP contribution in [0.4, 0.5) is 0 Å². The van der Waals surface area contributed by atoms with Gasteiger partial charge in [0.05, 0.1) is 17.2 Å². The third kappa shape index (κ3) is 1.68. The van der Waals surface area contributed by atoms with Crippen LogP contribution in [0.2, 0.25) is 0 Å². The van der Waals surface area contributed by atoms with Crippen molar-refractivity contribution in [3.8, 4) is 0 Å². The summed E-state index contributed by atoms with van der Waals surface area (Å²) in [6.45, 7) is 1.80. The van der Waals surface area contributed by atoms with E-state index in [0.717, 1.165) is 0 Å². The molecule has 58 valence electrons. The minimum Gasteiger partial charge on any atom is -0.277 e. The summed E-state index contributed by atoms with van der Waals surface area (Å²) in [6.07, 6.45) is 2.60. The Labute approximate surface area is 68.8 Å². The minimum atomic E-state index is -0.498. The van der Waals surface area contributed by atoms with Gasteiger partial charge in [-0.25, -0.2) is 0 Å². The Morgan fingerprint density at radius 3 is 2.91 bits per heavy atom. The van der Waals surface area contributed by atoms with Gasteiger partial charge in [0.15, 0.2) is 0 Å². The molecule has 0 saturated heterocycles. The molecule has 1 unspecified atom stereocenters. The van der Waals surface area contributed by atoms with Crippen molar-refractivity contribution < 1.29 is 4.92 Å². The summed E-state index contributed by atoms with van der Waals surface area (Å²) in [6, 6.07) is -0.103.